The highest BCUT2D eigenvalue weighted by Crippen LogP contribution is 2.01. The van der Waals surface area contributed by atoms with Crippen molar-refractivity contribution in [3.05, 3.63) is 53.9 Å². The summed E-state index contributed by atoms with van der Waals surface area (Å²) in [6.45, 7) is 5.74. The van der Waals surface area contributed by atoms with Gasteiger partial charge in [0.25, 0.3) is 5.91 Å². The maximum Gasteiger partial charge on any atom is 0.273 e. The lowest BCUT2D eigenvalue weighted by Crippen LogP contribution is -2.25. The standard InChI is InChI=1S/C18H24N4O2/c1-15(2)24-13-7-11-19-18(23)17-14-22(21-20-17)12-6-10-16-8-4-3-5-9-16/h3-6,8-10,14-15H,7,11-13H2,1-2H3,(H,19,23). The topological polar surface area (TPSA) is 69.0 Å². The summed E-state index contributed by atoms with van der Waals surface area (Å²) in [5.41, 5.74) is 1.45. The Balaban J connectivity index is 1.73. The molecule has 0 aliphatic heterocycles. The number of nitrogens with zero attached hydrogens (tertiary/aromatic N) is 3. The lowest BCUT2D eigenvalue weighted by molar-refractivity contribution is 0.0756. The Hall–Kier alpha value is -2.47. The molecule has 1 heterocycles. The van der Waals surface area contributed by atoms with Crippen LogP contribution in [0.4, 0.5) is 0 Å². The second-order valence-electron chi connectivity index (χ2n) is 5.67. The van der Waals surface area contributed by atoms with E-state index in [4.69, 9.17) is 4.74 Å². The molecule has 0 atom stereocenters. The second-order valence-corrected chi connectivity index (χ2v) is 5.67. The van der Waals surface area contributed by atoms with Gasteiger partial charge in [0.15, 0.2) is 5.69 Å². The van der Waals surface area contributed by atoms with Crippen LogP contribution in [0.25, 0.3) is 6.08 Å². The van der Waals surface area contributed by atoms with Gasteiger partial charge in [-0.1, -0.05) is 47.7 Å². The van der Waals surface area contributed by atoms with Crippen molar-refractivity contribution in [1.29, 1.82) is 0 Å². The van der Waals surface area contributed by atoms with Crippen molar-refractivity contribution in [1.82, 2.24) is 20.3 Å². The van der Waals surface area contributed by atoms with Gasteiger partial charge in [-0.15, -0.1) is 5.10 Å². The van der Waals surface area contributed by atoms with Crippen molar-refractivity contribution in [3.63, 3.8) is 0 Å². The average molecular weight is 328 g/mol. The number of carbonyl (C=O) groups is 1. The minimum absolute atomic E-state index is 0.210. The number of nitrogens with one attached hydrogen (secondary N) is 1. The van der Waals surface area contributed by atoms with Crippen molar-refractivity contribution in [2.45, 2.75) is 32.9 Å². The number of aromatic nitrogens is 3. The zero-order valence-electron chi connectivity index (χ0n) is 14.2. The molecule has 0 unspecified atom stereocenters. The molecule has 24 heavy (non-hydrogen) atoms. The maximum atomic E-state index is 12.0. The van der Waals surface area contributed by atoms with Gasteiger partial charge in [0.05, 0.1) is 18.8 Å². The van der Waals surface area contributed by atoms with Crippen LogP contribution in [0.3, 0.4) is 0 Å². The van der Waals surface area contributed by atoms with E-state index >= 15 is 0 Å². The van der Waals surface area contributed by atoms with Crippen molar-refractivity contribution in [3.8, 4) is 0 Å². The Kier molecular flexibility index (Phi) is 7.17. The molecule has 0 fully saturated rings. The van der Waals surface area contributed by atoms with E-state index in [1.54, 1.807) is 10.9 Å². The van der Waals surface area contributed by atoms with E-state index in [0.717, 1.165) is 12.0 Å². The average Bonchev–Trinajstić information content (AvgIpc) is 3.04. The molecule has 0 bridgehead atoms. The number of rotatable bonds is 9. The maximum absolute atomic E-state index is 12.0. The fraction of sp³-hybridized carbons (Fsp3) is 0.389. The largest absolute Gasteiger partial charge is 0.379 e. The number of ether oxygens (including phenoxy) is 1. The van der Waals surface area contributed by atoms with Gasteiger partial charge in [-0.3, -0.25) is 4.79 Å². The van der Waals surface area contributed by atoms with Gasteiger partial charge in [-0.25, -0.2) is 4.68 Å². The molecule has 0 spiro atoms. The van der Waals surface area contributed by atoms with Crippen molar-refractivity contribution in [2.75, 3.05) is 13.2 Å². The molecule has 0 saturated carbocycles. The van der Waals surface area contributed by atoms with E-state index in [1.165, 1.54) is 0 Å². The summed E-state index contributed by atoms with van der Waals surface area (Å²) >= 11 is 0. The van der Waals surface area contributed by atoms with Gasteiger partial charge in [-0.2, -0.15) is 0 Å². The number of allylic oxidation sites excluding steroid dienone is 1. The van der Waals surface area contributed by atoms with Crippen molar-refractivity contribution < 1.29 is 9.53 Å². The van der Waals surface area contributed by atoms with Crippen LogP contribution in [-0.2, 0) is 11.3 Å². The van der Waals surface area contributed by atoms with Crippen molar-refractivity contribution >= 4 is 12.0 Å². The van der Waals surface area contributed by atoms with Crippen LogP contribution >= 0.6 is 0 Å². The molecular weight excluding hydrogens is 304 g/mol. The van der Waals surface area contributed by atoms with Crippen LogP contribution < -0.4 is 5.32 Å². The van der Waals surface area contributed by atoms with Crippen LogP contribution in [0.2, 0.25) is 0 Å². The zero-order chi connectivity index (χ0) is 17.2. The zero-order valence-corrected chi connectivity index (χ0v) is 14.2. The quantitative estimate of drug-likeness (QED) is 0.718. The van der Waals surface area contributed by atoms with E-state index in [2.05, 4.69) is 15.6 Å². The fourth-order valence-corrected chi connectivity index (χ4v) is 2.04. The molecule has 0 radical (unpaired) electrons. The Morgan fingerprint density at radius 2 is 2.12 bits per heavy atom. The summed E-state index contributed by atoms with van der Waals surface area (Å²) in [6.07, 6.45) is 6.63. The highest BCUT2D eigenvalue weighted by Gasteiger charge is 2.09. The molecule has 1 N–H and O–H groups in total. The first-order valence-electron chi connectivity index (χ1n) is 8.16. The molecule has 1 amide bonds. The first-order chi connectivity index (χ1) is 11.6. The number of benzene rings is 1. The molecule has 0 saturated heterocycles. The van der Waals surface area contributed by atoms with Crippen LogP contribution in [0, 0.1) is 0 Å². The Morgan fingerprint density at radius 1 is 1.33 bits per heavy atom. The molecule has 128 valence electrons. The molecular formula is C18H24N4O2. The molecule has 6 nitrogen and oxygen atoms in total. The van der Waals surface area contributed by atoms with Gasteiger partial charge in [0, 0.05) is 13.2 Å². The third-order valence-electron chi connectivity index (χ3n) is 3.23. The summed E-state index contributed by atoms with van der Waals surface area (Å²) in [4.78, 5) is 12.0. The van der Waals surface area contributed by atoms with E-state index < -0.39 is 0 Å². The summed E-state index contributed by atoms with van der Waals surface area (Å²) in [5, 5.41) is 10.7. The molecule has 0 aliphatic carbocycles. The van der Waals surface area contributed by atoms with Crippen LogP contribution in [0.5, 0.6) is 0 Å². The summed E-state index contributed by atoms with van der Waals surface area (Å²) in [5.74, 6) is -0.210. The third kappa shape index (κ3) is 6.34. The minimum atomic E-state index is -0.210. The molecule has 1 aromatic carbocycles. The third-order valence-corrected chi connectivity index (χ3v) is 3.23. The molecule has 6 heteroatoms. The second kappa shape index (κ2) is 9.62. The SMILES string of the molecule is CC(C)OCCCNC(=O)c1cn(CC=Cc2ccccc2)nn1. The van der Waals surface area contributed by atoms with Gasteiger partial charge < -0.3 is 10.1 Å². The van der Waals surface area contributed by atoms with Gasteiger partial charge in [0.2, 0.25) is 0 Å². The molecule has 2 aromatic rings. The number of hydrogen-bond acceptors (Lipinski definition) is 4. The smallest absolute Gasteiger partial charge is 0.273 e. The lowest BCUT2D eigenvalue weighted by Gasteiger charge is -2.07. The first-order valence-corrected chi connectivity index (χ1v) is 8.16. The fourth-order valence-electron chi connectivity index (χ4n) is 2.04. The van der Waals surface area contributed by atoms with Crippen LogP contribution in [-0.4, -0.2) is 40.2 Å². The van der Waals surface area contributed by atoms with Crippen LogP contribution in [0.15, 0.2) is 42.6 Å². The van der Waals surface area contributed by atoms with E-state index in [1.807, 2.05) is 56.3 Å². The summed E-state index contributed by atoms with van der Waals surface area (Å²) in [6, 6.07) is 10.0. The monoisotopic (exact) mass is 328 g/mol. The van der Waals surface area contributed by atoms with Gasteiger partial charge in [0.1, 0.15) is 0 Å². The van der Waals surface area contributed by atoms with Crippen molar-refractivity contribution in [2.24, 2.45) is 0 Å². The van der Waals surface area contributed by atoms with E-state index in [9.17, 15) is 4.79 Å². The molecule has 2 rings (SSSR count). The highest BCUT2D eigenvalue weighted by atomic mass is 16.5. The predicted molar refractivity (Wildman–Crippen MR) is 93.5 cm³/mol. The first kappa shape index (κ1) is 17.9. The number of carbonyl (C=O) groups excluding carboxylic acids is 1. The number of amides is 1. The van der Waals surface area contributed by atoms with E-state index in [0.29, 0.717) is 25.4 Å². The van der Waals surface area contributed by atoms with E-state index in [-0.39, 0.29) is 12.0 Å². The predicted octanol–water partition coefficient (Wildman–Crippen LogP) is 2.54. The summed E-state index contributed by atoms with van der Waals surface area (Å²) in [7, 11) is 0. The Bertz CT molecular complexity index is 650. The highest BCUT2D eigenvalue weighted by molar-refractivity contribution is 5.91. The lowest BCUT2D eigenvalue weighted by atomic mass is 10.2. The molecule has 0 aliphatic rings. The Morgan fingerprint density at radius 3 is 2.88 bits per heavy atom. The minimum Gasteiger partial charge on any atom is -0.379 e. The Labute approximate surface area is 142 Å². The summed E-state index contributed by atoms with van der Waals surface area (Å²) < 4.78 is 7.06. The number of hydrogen-bond donors (Lipinski definition) is 1. The molecule has 1 aromatic heterocycles. The van der Waals surface area contributed by atoms with Gasteiger partial charge in [-0.05, 0) is 25.8 Å². The van der Waals surface area contributed by atoms with Gasteiger partial charge >= 0.3 is 0 Å². The normalized spacial score (nSPS) is 11.3. The van der Waals surface area contributed by atoms with Crippen LogP contribution in [0.1, 0.15) is 36.3 Å².